The summed E-state index contributed by atoms with van der Waals surface area (Å²) in [6.07, 6.45) is -9.08. The molecule has 0 saturated carbocycles. The number of benzene rings is 2. The predicted molar refractivity (Wildman–Crippen MR) is 140 cm³/mol. The Kier molecular flexibility index (Phi) is 8.38. The first-order chi connectivity index (χ1) is 20.0. The van der Waals surface area contributed by atoms with Crippen molar-refractivity contribution in [2.75, 3.05) is 54.1 Å². The average molecular weight is 597 g/mol. The van der Waals surface area contributed by atoms with E-state index in [1.807, 2.05) is 0 Å². The quantitative estimate of drug-likeness (QED) is 0.368. The lowest BCUT2D eigenvalue weighted by atomic mass is 10.1. The Morgan fingerprint density at radius 3 is 1.93 bits per heavy atom. The van der Waals surface area contributed by atoms with Gasteiger partial charge in [-0.1, -0.05) is 18.2 Å². The number of hydrogen-bond acceptors (Lipinski definition) is 8. The van der Waals surface area contributed by atoms with Crippen LogP contribution in [0.2, 0.25) is 0 Å². The van der Waals surface area contributed by atoms with Gasteiger partial charge in [0.05, 0.1) is 24.5 Å². The summed E-state index contributed by atoms with van der Waals surface area (Å²) in [5.41, 5.74) is -0.839. The highest BCUT2D eigenvalue weighted by Gasteiger charge is 2.45. The van der Waals surface area contributed by atoms with Gasteiger partial charge in [-0.15, -0.1) is 0 Å². The molecule has 0 bridgehead atoms. The number of halogens is 6. The molecule has 0 atom stereocenters. The number of amides is 1. The number of para-hydroxylation sites is 1. The van der Waals surface area contributed by atoms with Gasteiger partial charge in [0.15, 0.2) is 0 Å². The number of rotatable bonds is 6. The van der Waals surface area contributed by atoms with Crippen molar-refractivity contribution in [2.45, 2.75) is 31.3 Å². The molecular formula is C27H26F6N6O3. The second-order valence-corrected chi connectivity index (χ2v) is 9.64. The van der Waals surface area contributed by atoms with E-state index in [0.717, 1.165) is 12.1 Å². The lowest BCUT2D eigenvalue weighted by Gasteiger charge is -2.34. The molecule has 2 aliphatic heterocycles. The molecule has 0 aliphatic carbocycles. The van der Waals surface area contributed by atoms with Gasteiger partial charge in [0.25, 0.3) is 0 Å². The Labute approximate surface area is 236 Å². The maximum Gasteiger partial charge on any atom is 0.472 e. The fourth-order valence-electron chi connectivity index (χ4n) is 4.61. The van der Waals surface area contributed by atoms with Crippen LogP contribution in [-0.2, 0) is 15.7 Å². The third-order valence-corrected chi connectivity index (χ3v) is 6.76. The van der Waals surface area contributed by atoms with E-state index in [9.17, 15) is 31.1 Å². The Morgan fingerprint density at radius 1 is 0.810 bits per heavy atom. The second-order valence-electron chi connectivity index (χ2n) is 9.64. The van der Waals surface area contributed by atoms with E-state index in [0.29, 0.717) is 62.9 Å². The highest BCUT2D eigenvalue weighted by atomic mass is 19.4. The number of carbonyl (C=O) groups excluding carboxylic acids is 1. The third-order valence-electron chi connectivity index (χ3n) is 6.76. The molecule has 1 aromatic heterocycles. The standard InChI is InChI=1S/C27H26F6N6O3/c28-26(29,30)18-6-8-20(9-7-18)42-21-10-12-37(13-11-21)23-34-24(38-14-16-41-17-15-38)36-25(35-23)39(22(40)27(31,32)33)19-4-2-1-3-5-19/h1-9,21H,10-17H2. The Hall–Kier alpha value is -4.14. The first-order valence-corrected chi connectivity index (χ1v) is 13.1. The topological polar surface area (TPSA) is 83.9 Å². The van der Waals surface area contributed by atoms with Crippen molar-refractivity contribution in [3.05, 3.63) is 60.2 Å². The largest absolute Gasteiger partial charge is 0.490 e. The summed E-state index contributed by atoms with van der Waals surface area (Å²) in [5.74, 6) is -2.13. The van der Waals surface area contributed by atoms with Gasteiger partial charge in [-0.05, 0) is 36.4 Å². The first-order valence-electron chi connectivity index (χ1n) is 13.1. The minimum atomic E-state index is -5.20. The number of hydrogen-bond donors (Lipinski definition) is 0. The van der Waals surface area contributed by atoms with Crippen LogP contribution in [0.1, 0.15) is 18.4 Å². The molecule has 2 saturated heterocycles. The Bertz CT molecular complexity index is 1360. The number of alkyl halides is 6. The van der Waals surface area contributed by atoms with Gasteiger partial charge in [0, 0.05) is 39.0 Å². The van der Waals surface area contributed by atoms with Gasteiger partial charge >= 0.3 is 18.3 Å². The molecule has 2 fully saturated rings. The highest BCUT2D eigenvalue weighted by molar-refractivity contribution is 6.02. The summed E-state index contributed by atoms with van der Waals surface area (Å²) >= 11 is 0. The zero-order chi connectivity index (χ0) is 29.9. The molecule has 2 aromatic carbocycles. The van der Waals surface area contributed by atoms with Crippen LogP contribution in [-0.4, -0.2) is 72.5 Å². The number of ether oxygens (including phenoxy) is 2. The lowest BCUT2D eigenvalue weighted by molar-refractivity contribution is -0.169. The van der Waals surface area contributed by atoms with Crippen molar-refractivity contribution in [3.63, 3.8) is 0 Å². The van der Waals surface area contributed by atoms with Gasteiger partial charge in [-0.2, -0.15) is 41.3 Å². The van der Waals surface area contributed by atoms with Crippen LogP contribution in [0.4, 0.5) is 49.9 Å². The van der Waals surface area contributed by atoms with E-state index in [4.69, 9.17) is 9.47 Å². The number of carbonyl (C=O) groups is 1. The number of piperidine rings is 1. The van der Waals surface area contributed by atoms with Crippen LogP contribution < -0.4 is 19.4 Å². The molecule has 1 amide bonds. The number of morpholine rings is 1. The van der Waals surface area contributed by atoms with Gasteiger partial charge in [0.1, 0.15) is 11.9 Å². The fourth-order valence-corrected chi connectivity index (χ4v) is 4.61. The van der Waals surface area contributed by atoms with Crippen LogP contribution in [0.25, 0.3) is 0 Å². The van der Waals surface area contributed by atoms with E-state index < -0.39 is 29.8 Å². The van der Waals surface area contributed by atoms with Crippen LogP contribution in [0.3, 0.4) is 0 Å². The average Bonchev–Trinajstić information content (AvgIpc) is 2.98. The summed E-state index contributed by atoms with van der Waals surface area (Å²) in [5, 5.41) is 0. The number of aromatic nitrogens is 3. The zero-order valence-electron chi connectivity index (χ0n) is 22.1. The molecule has 3 heterocycles. The van der Waals surface area contributed by atoms with Crippen molar-refractivity contribution < 1.29 is 40.6 Å². The normalized spacial score (nSPS) is 16.8. The molecule has 2 aliphatic rings. The smallest absolute Gasteiger partial charge is 0.472 e. The summed E-state index contributed by atoms with van der Waals surface area (Å²) in [6.45, 7) is 2.21. The number of nitrogens with zero attached hydrogens (tertiary/aromatic N) is 6. The number of anilines is 4. The van der Waals surface area contributed by atoms with Crippen molar-refractivity contribution in [1.82, 2.24) is 15.0 Å². The lowest BCUT2D eigenvalue weighted by Crippen LogP contribution is -2.42. The van der Waals surface area contributed by atoms with Crippen molar-refractivity contribution in [2.24, 2.45) is 0 Å². The molecule has 15 heteroatoms. The van der Waals surface area contributed by atoms with Crippen molar-refractivity contribution in [1.29, 1.82) is 0 Å². The molecule has 5 rings (SSSR count). The minimum absolute atomic E-state index is 0.0615. The monoisotopic (exact) mass is 596 g/mol. The summed E-state index contributed by atoms with van der Waals surface area (Å²) in [4.78, 5) is 29.7. The fraction of sp³-hybridized carbons (Fsp3) is 0.407. The second kappa shape index (κ2) is 12.0. The summed E-state index contributed by atoms with van der Waals surface area (Å²) in [7, 11) is 0. The molecule has 0 unspecified atom stereocenters. The van der Waals surface area contributed by atoms with Crippen LogP contribution in [0.15, 0.2) is 54.6 Å². The minimum Gasteiger partial charge on any atom is -0.490 e. The molecule has 0 radical (unpaired) electrons. The molecule has 9 nitrogen and oxygen atoms in total. The molecule has 0 spiro atoms. The maximum absolute atomic E-state index is 13.7. The molecule has 224 valence electrons. The van der Waals surface area contributed by atoms with Crippen LogP contribution in [0.5, 0.6) is 5.75 Å². The van der Waals surface area contributed by atoms with Gasteiger partial charge < -0.3 is 19.3 Å². The predicted octanol–water partition coefficient (Wildman–Crippen LogP) is 5.00. The van der Waals surface area contributed by atoms with Gasteiger partial charge in [-0.25, -0.2) is 4.90 Å². The summed E-state index contributed by atoms with van der Waals surface area (Å²) in [6, 6.07) is 11.7. The van der Waals surface area contributed by atoms with E-state index in [2.05, 4.69) is 15.0 Å². The van der Waals surface area contributed by atoms with Crippen LogP contribution in [0, 0.1) is 0 Å². The third kappa shape index (κ3) is 6.83. The van der Waals surface area contributed by atoms with Crippen LogP contribution >= 0.6 is 0 Å². The molecule has 42 heavy (non-hydrogen) atoms. The highest BCUT2D eigenvalue weighted by Crippen LogP contribution is 2.33. The van der Waals surface area contributed by atoms with E-state index in [1.165, 1.54) is 36.4 Å². The molecular weight excluding hydrogens is 570 g/mol. The SMILES string of the molecule is O=C(N(c1ccccc1)c1nc(N2CCOCC2)nc(N2CCC(Oc3ccc(C(F)(F)F)cc3)CC2)n1)C(F)(F)F. The van der Waals surface area contributed by atoms with Crippen molar-refractivity contribution >= 4 is 29.4 Å². The Balaban J connectivity index is 1.40. The zero-order valence-corrected chi connectivity index (χ0v) is 22.1. The van der Waals surface area contributed by atoms with E-state index in [1.54, 1.807) is 15.9 Å². The van der Waals surface area contributed by atoms with Crippen molar-refractivity contribution in [3.8, 4) is 5.75 Å². The van der Waals surface area contributed by atoms with E-state index in [-0.39, 0.29) is 23.7 Å². The summed E-state index contributed by atoms with van der Waals surface area (Å²) < 4.78 is 91.0. The van der Waals surface area contributed by atoms with Gasteiger partial charge in [-0.3, -0.25) is 4.79 Å². The molecule has 3 aromatic rings. The van der Waals surface area contributed by atoms with Gasteiger partial charge in [0.2, 0.25) is 17.8 Å². The Morgan fingerprint density at radius 2 is 1.38 bits per heavy atom. The van der Waals surface area contributed by atoms with E-state index >= 15 is 0 Å². The maximum atomic E-state index is 13.7. The molecule has 0 N–H and O–H groups in total. The first kappa shape index (κ1) is 29.4.